The van der Waals surface area contributed by atoms with E-state index >= 15 is 0 Å². The molecule has 1 saturated carbocycles. The maximum atomic E-state index is 11.9. The van der Waals surface area contributed by atoms with Crippen LogP contribution in [-0.2, 0) is 6.54 Å². The fourth-order valence-corrected chi connectivity index (χ4v) is 2.95. The lowest BCUT2D eigenvalue weighted by molar-refractivity contribution is 0.0951. The van der Waals surface area contributed by atoms with Crippen LogP contribution in [0.1, 0.15) is 48.5 Å². The fourth-order valence-electron chi connectivity index (χ4n) is 2.95. The summed E-state index contributed by atoms with van der Waals surface area (Å²) in [6.45, 7) is 5.74. The third-order valence-electron chi connectivity index (χ3n) is 4.28. The number of benzene rings is 1. The second kappa shape index (κ2) is 5.96. The van der Waals surface area contributed by atoms with Crippen LogP contribution in [0.25, 0.3) is 0 Å². The highest BCUT2D eigenvalue weighted by Crippen LogP contribution is 2.20. The molecule has 1 aromatic carbocycles. The lowest BCUT2D eigenvalue weighted by Gasteiger charge is -2.30. The third-order valence-corrected chi connectivity index (χ3v) is 4.28. The van der Waals surface area contributed by atoms with E-state index in [2.05, 4.69) is 29.3 Å². The smallest absolute Gasteiger partial charge is 0.251 e. The number of nitrogens with one attached hydrogen (secondary N) is 1. The van der Waals surface area contributed by atoms with E-state index in [0.29, 0.717) is 6.04 Å². The Balaban J connectivity index is 1.56. The van der Waals surface area contributed by atoms with E-state index in [0.717, 1.165) is 30.9 Å². The Hall–Kier alpha value is -1.35. The summed E-state index contributed by atoms with van der Waals surface area (Å²) in [5.74, 6) is 0.887. The molecule has 1 aliphatic heterocycles. The Morgan fingerprint density at radius 2 is 2.00 bits per heavy atom. The van der Waals surface area contributed by atoms with Gasteiger partial charge in [0.05, 0.1) is 0 Å². The topological polar surface area (TPSA) is 32.3 Å². The van der Waals surface area contributed by atoms with Gasteiger partial charge in [-0.05, 0) is 55.8 Å². The lowest BCUT2D eigenvalue weighted by atomic mass is 9.99. The SMILES string of the molecule is CC1CCCN(Cc2ccc(C(=O)NC3CC3)cc2)C1. The number of likely N-dealkylation sites (tertiary alicyclic amines) is 1. The van der Waals surface area contributed by atoms with Gasteiger partial charge in [-0.25, -0.2) is 0 Å². The van der Waals surface area contributed by atoms with E-state index in [1.807, 2.05) is 12.1 Å². The molecule has 0 radical (unpaired) electrons. The molecule has 3 rings (SSSR count). The first kappa shape index (κ1) is 13.6. The number of hydrogen-bond donors (Lipinski definition) is 1. The van der Waals surface area contributed by atoms with Crippen LogP contribution in [0.2, 0.25) is 0 Å². The molecule has 1 aliphatic carbocycles. The number of carbonyl (C=O) groups excluding carboxylic acids is 1. The van der Waals surface area contributed by atoms with Crippen LogP contribution in [0.5, 0.6) is 0 Å². The largest absolute Gasteiger partial charge is 0.349 e. The van der Waals surface area contributed by atoms with E-state index in [1.165, 1.54) is 31.5 Å². The van der Waals surface area contributed by atoms with Crippen molar-refractivity contribution in [2.75, 3.05) is 13.1 Å². The standard InChI is InChI=1S/C17H24N2O/c1-13-3-2-10-19(11-13)12-14-4-6-15(7-5-14)17(20)18-16-8-9-16/h4-7,13,16H,2-3,8-12H2,1H3,(H,18,20). The number of rotatable bonds is 4. The predicted octanol–water partition coefficient (Wildman–Crippen LogP) is 2.81. The van der Waals surface area contributed by atoms with Crippen LogP contribution in [0.4, 0.5) is 0 Å². The quantitative estimate of drug-likeness (QED) is 0.914. The number of carbonyl (C=O) groups is 1. The summed E-state index contributed by atoms with van der Waals surface area (Å²) in [5, 5.41) is 3.03. The predicted molar refractivity (Wildman–Crippen MR) is 80.6 cm³/mol. The molecule has 3 nitrogen and oxygen atoms in total. The van der Waals surface area contributed by atoms with Crippen molar-refractivity contribution in [1.29, 1.82) is 0 Å². The zero-order chi connectivity index (χ0) is 13.9. The van der Waals surface area contributed by atoms with Crippen molar-refractivity contribution >= 4 is 5.91 Å². The van der Waals surface area contributed by atoms with Crippen LogP contribution in [0.3, 0.4) is 0 Å². The minimum absolute atomic E-state index is 0.0747. The van der Waals surface area contributed by atoms with Gasteiger partial charge < -0.3 is 5.32 Å². The van der Waals surface area contributed by atoms with Crippen molar-refractivity contribution in [2.24, 2.45) is 5.92 Å². The lowest BCUT2D eigenvalue weighted by Crippen LogP contribution is -2.33. The van der Waals surface area contributed by atoms with E-state index in [4.69, 9.17) is 0 Å². The minimum Gasteiger partial charge on any atom is -0.349 e. The highest BCUT2D eigenvalue weighted by molar-refractivity contribution is 5.94. The Labute approximate surface area is 121 Å². The van der Waals surface area contributed by atoms with E-state index in [9.17, 15) is 4.79 Å². The molecule has 1 unspecified atom stereocenters. The summed E-state index contributed by atoms with van der Waals surface area (Å²) >= 11 is 0. The van der Waals surface area contributed by atoms with Gasteiger partial charge in [-0.1, -0.05) is 19.1 Å². The summed E-state index contributed by atoms with van der Waals surface area (Å²) in [5.41, 5.74) is 2.09. The Kier molecular flexibility index (Phi) is 4.06. The van der Waals surface area contributed by atoms with Crippen molar-refractivity contribution < 1.29 is 4.79 Å². The first-order chi connectivity index (χ1) is 9.70. The van der Waals surface area contributed by atoms with Gasteiger partial charge in [0.25, 0.3) is 5.91 Å². The number of nitrogens with zero attached hydrogens (tertiary/aromatic N) is 1. The van der Waals surface area contributed by atoms with Gasteiger partial charge in [0.2, 0.25) is 0 Å². The first-order valence-corrected chi connectivity index (χ1v) is 7.83. The second-order valence-electron chi connectivity index (χ2n) is 6.43. The summed E-state index contributed by atoms with van der Waals surface area (Å²) in [6, 6.07) is 8.54. The normalized spacial score (nSPS) is 23.6. The summed E-state index contributed by atoms with van der Waals surface area (Å²) in [7, 11) is 0. The van der Waals surface area contributed by atoms with Gasteiger partial charge in [-0.15, -0.1) is 0 Å². The minimum atomic E-state index is 0.0747. The highest BCUT2D eigenvalue weighted by atomic mass is 16.1. The van der Waals surface area contributed by atoms with Gasteiger partial charge in [0.15, 0.2) is 0 Å². The maximum absolute atomic E-state index is 11.9. The first-order valence-electron chi connectivity index (χ1n) is 7.83. The molecule has 20 heavy (non-hydrogen) atoms. The molecule has 0 bridgehead atoms. The van der Waals surface area contributed by atoms with Gasteiger partial charge in [-0.2, -0.15) is 0 Å². The van der Waals surface area contributed by atoms with Gasteiger partial charge in [-0.3, -0.25) is 9.69 Å². The van der Waals surface area contributed by atoms with Gasteiger partial charge >= 0.3 is 0 Å². The van der Waals surface area contributed by atoms with Crippen molar-refractivity contribution in [1.82, 2.24) is 10.2 Å². The molecule has 0 aromatic heterocycles. The van der Waals surface area contributed by atoms with Crippen molar-refractivity contribution in [3.8, 4) is 0 Å². The zero-order valence-electron chi connectivity index (χ0n) is 12.3. The highest BCUT2D eigenvalue weighted by Gasteiger charge is 2.23. The summed E-state index contributed by atoms with van der Waals surface area (Å²) in [6.07, 6.45) is 4.94. The summed E-state index contributed by atoms with van der Waals surface area (Å²) in [4.78, 5) is 14.4. The van der Waals surface area contributed by atoms with Gasteiger partial charge in [0, 0.05) is 24.7 Å². The Bertz CT molecular complexity index is 464. The van der Waals surface area contributed by atoms with Crippen LogP contribution < -0.4 is 5.32 Å². The van der Waals surface area contributed by atoms with Crippen molar-refractivity contribution in [2.45, 2.75) is 45.2 Å². The fraction of sp³-hybridized carbons (Fsp3) is 0.588. The molecule has 1 heterocycles. The molecule has 1 amide bonds. The van der Waals surface area contributed by atoms with Crippen LogP contribution in [-0.4, -0.2) is 29.9 Å². The second-order valence-corrected chi connectivity index (χ2v) is 6.43. The summed E-state index contributed by atoms with van der Waals surface area (Å²) < 4.78 is 0. The Morgan fingerprint density at radius 3 is 2.65 bits per heavy atom. The monoisotopic (exact) mass is 272 g/mol. The van der Waals surface area contributed by atoms with Crippen LogP contribution in [0.15, 0.2) is 24.3 Å². The maximum Gasteiger partial charge on any atom is 0.251 e. The number of amides is 1. The van der Waals surface area contributed by atoms with Crippen LogP contribution in [0, 0.1) is 5.92 Å². The average molecular weight is 272 g/mol. The average Bonchev–Trinajstić information content (AvgIpc) is 3.23. The molecular formula is C17H24N2O. The molecule has 108 valence electrons. The van der Waals surface area contributed by atoms with E-state index < -0.39 is 0 Å². The molecule has 1 aromatic rings. The molecular weight excluding hydrogens is 248 g/mol. The molecule has 2 fully saturated rings. The molecule has 1 atom stereocenters. The third kappa shape index (κ3) is 3.60. The van der Waals surface area contributed by atoms with Gasteiger partial charge in [0.1, 0.15) is 0 Å². The van der Waals surface area contributed by atoms with E-state index in [-0.39, 0.29) is 5.91 Å². The zero-order valence-corrected chi connectivity index (χ0v) is 12.3. The van der Waals surface area contributed by atoms with Crippen LogP contribution >= 0.6 is 0 Å². The molecule has 2 aliphatic rings. The number of hydrogen-bond acceptors (Lipinski definition) is 2. The number of piperidine rings is 1. The van der Waals surface area contributed by atoms with Crippen molar-refractivity contribution in [3.05, 3.63) is 35.4 Å². The molecule has 1 N–H and O–H groups in total. The molecule has 3 heteroatoms. The Morgan fingerprint density at radius 1 is 1.25 bits per heavy atom. The van der Waals surface area contributed by atoms with Crippen molar-refractivity contribution in [3.63, 3.8) is 0 Å². The van der Waals surface area contributed by atoms with E-state index in [1.54, 1.807) is 0 Å². The molecule has 1 saturated heterocycles. The molecule has 0 spiro atoms.